The number of hydrogen-bond donors (Lipinski definition) is 6. The number of aliphatic hydroxyl groups excluding tert-OH is 2. The van der Waals surface area contributed by atoms with Gasteiger partial charge >= 0.3 is 0 Å². The van der Waals surface area contributed by atoms with Gasteiger partial charge in [-0.1, -0.05) is 33.3 Å². The summed E-state index contributed by atoms with van der Waals surface area (Å²) in [5, 5.41) is 48.6. The maximum atomic E-state index is 14.0. The first-order valence-corrected chi connectivity index (χ1v) is 13.5. The number of ketones is 2. The molecular weight excluding hydrogens is 502 g/mol. The molecular formula is C29H39N3O7. The van der Waals surface area contributed by atoms with Crippen molar-refractivity contribution in [1.29, 1.82) is 0 Å². The van der Waals surface area contributed by atoms with Crippen LogP contribution in [0.1, 0.15) is 60.7 Å². The monoisotopic (exact) mass is 541 g/mol. The van der Waals surface area contributed by atoms with Gasteiger partial charge in [-0.15, -0.1) is 0 Å². The van der Waals surface area contributed by atoms with Crippen molar-refractivity contribution in [1.82, 2.24) is 10.2 Å². The molecule has 0 aliphatic heterocycles. The predicted molar refractivity (Wildman–Crippen MR) is 144 cm³/mol. The molecule has 0 radical (unpaired) electrons. The SMILES string of the molecule is CCc1cc(CNCC(C)CC)c(O)c2c1C[C@H]1C[C@H]3[C@H](N(C)C)C(O)=C(C(N)=O)C(=O)[C@@]3(O)C(O)=C1C2=O. The fourth-order valence-corrected chi connectivity index (χ4v) is 6.51. The molecule has 0 bridgehead atoms. The summed E-state index contributed by atoms with van der Waals surface area (Å²) in [6.45, 7) is 7.26. The van der Waals surface area contributed by atoms with E-state index in [-0.39, 0.29) is 23.3 Å². The third-order valence-corrected chi connectivity index (χ3v) is 8.78. The van der Waals surface area contributed by atoms with Gasteiger partial charge in [0.05, 0.1) is 11.6 Å². The number of phenolic OH excluding ortho intramolecular Hbond substituents is 1. The molecule has 3 aliphatic carbocycles. The minimum Gasteiger partial charge on any atom is -0.510 e. The second-order valence-electron chi connectivity index (χ2n) is 11.4. The van der Waals surface area contributed by atoms with Crippen molar-refractivity contribution < 1.29 is 34.8 Å². The number of benzene rings is 1. The molecule has 1 amide bonds. The molecule has 5 atom stereocenters. The van der Waals surface area contributed by atoms with E-state index in [0.717, 1.165) is 18.5 Å². The molecule has 212 valence electrons. The number of rotatable bonds is 8. The molecule has 0 fully saturated rings. The molecule has 1 unspecified atom stereocenters. The van der Waals surface area contributed by atoms with Crippen LogP contribution in [-0.2, 0) is 29.0 Å². The summed E-state index contributed by atoms with van der Waals surface area (Å²) in [5.41, 5.74) is 4.00. The van der Waals surface area contributed by atoms with Crippen LogP contribution in [0, 0.1) is 17.8 Å². The molecule has 1 aromatic rings. The highest BCUT2D eigenvalue weighted by atomic mass is 16.3. The van der Waals surface area contributed by atoms with Gasteiger partial charge < -0.3 is 31.5 Å². The molecule has 4 rings (SSSR count). The number of nitrogens with two attached hydrogens (primary N) is 1. The third kappa shape index (κ3) is 4.34. The second-order valence-corrected chi connectivity index (χ2v) is 11.4. The van der Waals surface area contributed by atoms with Crippen molar-refractivity contribution in [2.45, 2.75) is 64.6 Å². The third-order valence-electron chi connectivity index (χ3n) is 8.78. The standard InChI is InChI=1S/C29H39N3O7/c1-6-13(3)11-31-12-16-8-14(7-2)17-9-15-10-18-22(32(4)5)25(35)21(28(30)38)27(37)29(18,39)26(36)19(15)24(34)20(17)23(16)33/h8,13,15,18,22,31,33,35-36,39H,6-7,9-12H2,1-5H3,(H2,30,38)/t13?,15-,18-,22-,29-/m0/s1. The molecule has 7 N–H and O–H groups in total. The number of primary amides is 1. The highest BCUT2D eigenvalue weighted by molar-refractivity contribution is 6.24. The van der Waals surface area contributed by atoms with Gasteiger partial charge in [0.2, 0.25) is 5.78 Å². The van der Waals surface area contributed by atoms with Gasteiger partial charge in [-0.05, 0) is 62.9 Å². The molecule has 10 heteroatoms. The zero-order chi connectivity index (χ0) is 29.0. The highest BCUT2D eigenvalue weighted by Gasteiger charge is 2.63. The van der Waals surface area contributed by atoms with Crippen LogP contribution in [0.15, 0.2) is 28.7 Å². The van der Waals surface area contributed by atoms with Crippen LogP contribution in [0.5, 0.6) is 5.75 Å². The lowest BCUT2D eigenvalue weighted by Gasteiger charge is -2.50. The first-order chi connectivity index (χ1) is 18.3. The number of nitrogens with one attached hydrogen (secondary N) is 1. The number of likely N-dealkylation sites (N-methyl/N-ethyl adjacent to an activating group) is 1. The maximum Gasteiger partial charge on any atom is 0.255 e. The fourth-order valence-electron chi connectivity index (χ4n) is 6.51. The summed E-state index contributed by atoms with van der Waals surface area (Å²) < 4.78 is 0. The zero-order valence-corrected chi connectivity index (χ0v) is 23.2. The van der Waals surface area contributed by atoms with Gasteiger partial charge in [-0.25, -0.2) is 0 Å². The molecule has 0 saturated carbocycles. The molecule has 0 heterocycles. The zero-order valence-electron chi connectivity index (χ0n) is 23.2. The van der Waals surface area contributed by atoms with E-state index in [1.54, 1.807) is 19.0 Å². The quantitative estimate of drug-likeness (QED) is 0.268. The van der Waals surface area contributed by atoms with E-state index in [4.69, 9.17) is 5.73 Å². The first kappa shape index (κ1) is 28.8. The van der Waals surface area contributed by atoms with Crippen molar-refractivity contribution in [3.8, 4) is 5.75 Å². The Morgan fingerprint density at radius 1 is 1.21 bits per heavy atom. The van der Waals surface area contributed by atoms with Crippen molar-refractivity contribution in [3.63, 3.8) is 0 Å². The molecule has 0 aromatic heterocycles. The van der Waals surface area contributed by atoms with E-state index in [9.17, 15) is 34.8 Å². The minimum absolute atomic E-state index is 0.0653. The number of aryl methyl sites for hydroxylation is 1. The Labute approximate surface area is 228 Å². The number of allylic oxidation sites excluding steroid dienone is 1. The van der Waals surface area contributed by atoms with E-state index >= 15 is 0 Å². The summed E-state index contributed by atoms with van der Waals surface area (Å²) in [5.74, 6) is -5.92. The van der Waals surface area contributed by atoms with E-state index in [0.29, 0.717) is 36.4 Å². The minimum atomic E-state index is -2.64. The van der Waals surface area contributed by atoms with E-state index < -0.39 is 58.0 Å². The number of hydrogen-bond acceptors (Lipinski definition) is 9. The Morgan fingerprint density at radius 2 is 1.87 bits per heavy atom. The van der Waals surface area contributed by atoms with Crippen molar-refractivity contribution >= 4 is 17.5 Å². The number of carbonyl (C=O) groups is 3. The van der Waals surface area contributed by atoms with Gasteiger partial charge in [-0.3, -0.25) is 19.3 Å². The Balaban J connectivity index is 1.86. The maximum absolute atomic E-state index is 14.0. The van der Waals surface area contributed by atoms with Crippen LogP contribution in [0.4, 0.5) is 0 Å². The Bertz CT molecular complexity index is 1300. The normalized spacial score (nSPS) is 27.4. The smallest absolute Gasteiger partial charge is 0.255 e. The molecule has 39 heavy (non-hydrogen) atoms. The van der Waals surface area contributed by atoms with Crippen molar-refractivity contribution in [2.24, 2.45) is 23.5 Å². The van der Waals surface area contributed by atoms with Gasteiger partial charge in [0, 0.05) is 23.6 Å². The van der Waals surface area contributed by atoms with Crippen LogP contribution in [0.25, 0.3) is 0 Å². The molecule has 3 aliphatic rings. The van der Waals surface area contributed by atoms with Crippen LogP contribution in [0.3, 0.4) is 0 Å². The largest absolute Gasteiger partial charge is 0.510 e. The summed E-state index contributed by atoms with van der Waals surface area (Å²) >= 11 is 0. The van der Waals surface area contributed by atoms with E-state index in [2.05, 4.69) is 19.2 Å². The summed E-state index contributed by atoms with van der Waals surface area (Å²) in [6.07, 6.45) is 1.99. The highest BCUT2D eigenvalue weighted by Crippen LogP contribution is 2.52. The van der Waals surface area contributed by atoms with Crippen LogP contribution in [0.2, 0.25) is 0 Å². The molecule has 10 nitrogen and oxygen atoms in total. The Kier molecular flexibility index (Phi) is 7.68. The lowest BCUT2D eigenvalue weighted by atomic mass is 9.58. The number of nitrogens with zero attached hydrogens (tertiary/aromatic N) is 1. The number of fused-ring (bicyclic) bond motifs is 3. The summed E-state index contributed by atoms with van der Waals surface area (Å²) in [6, 6.07) is 0.896. The molecule has 0 saturated heterocycles. The molecule has 0 spiro atoms. The summed E-state index contributed by atoms with van der Waals surface area (Å²) in [7, 11) is 3.22. The summed E-state index contributed by atoms with van der Waals surface area (Å²) in [4.78, 5) is 41.0. The fraction of sp³-hybridized carbons (Fsp3) is 0.552. The van der Waals surface area contributed by atoms with E-state index in [1.807, 2.05) is 13.0 Å². The van der Waals surface area contributed by atoms with Crippen molar-refractivity contribution in [2.75, 3.05) is 20.6 Å². The molecule has 1 aromatic carbocycles. The number of amides is 1. The Hall–Kier alpha value is -3.21. The number of Topliss-reactive ketones (excluding diaryl/α,β-unsaturated/α-hetero) is 2. The first-order valence-electron chi connectivity index (χ1n) is 13.5. The van der Waals surface area contributed by atoms with Crippen LogP contribution < -0.4 is 11.1 Å². The topological polar surface area (TPSA) is 173 Å². The van der Waals surface area contributed by atoms with Crippen LogP contribution in [-0.4, -0.2) is 75.1 Å². The van der Waals surface area contributed by atoms with Gasteiger partial charge in [0.1, 0.15) is 22.8 Å². The van der Waals surface area contributed by atoms with Gasteiger partial charge in [-0.2, -0.15) is 0 Å². The van der Waals surface area contributed by atoms with E-state index in [1.165, 1.54) is 0 Å². The number of aromatic hydroxyl groups is 1. The number of phenols is 1. The average Bonchev–Trinajstić information content (AvgIpc) is 2.86. The number of carbonyl (C=O) groups excluding carboxylic acids is 3. The van der Waals surface area contributed by atoms with Gasteiger partial charge in [0.25, 0.3) is 5.91 Å². The lowest BCUT2D eigenvalue weighted by molar-refractivity contribution is -0.148. The second kappa shape index (κ2) is 10.4. The van der Waals surface area contributed by atoms with Gasteiger partial charge in [0.15, 0.2) is 11.4 Å². The number of aliphatic hydroxyl groups is 3. The predicted octanol–water partition coefficient (Wildman–Crippen LogP) is 1.82. The average molecular weight is 542 g/mol. The Morgan fingerprint density at radius 3 is 2.44 bits per heavy atom. The van der Waals surface area contributed by atoms with Crippen molar-refractivity contribution in [3.05, 3.63) is 51.0 Å². The lowest BCUT2D eigenvalue weighted by Crippen LogP contribution is -2.63. The van der Waals surface area contributed by atoms with Crippen LogP contribution >= 0.6 is 0 Å².